The topological polar surface area (TPSA) is 34.2 Å². The first-order valence-corrected chi connectivity index (χ1v) is 7.16. The molecule has 0 spiro atoms. The van der Waals surface area contributed by atoms with Crippen LogP contribution in [0, 0.1) is 6.92 Å². The first-order valence-electron chi connectivity index (χ1n) is 6.78. The standard InChI is InChI=1S/C16H19ClN2O/c1-3-7-18-11-13-6-8-19-16(10-13)20-15-9-12(2)4-5-14(15)17/h4-6,8-10,18H,3,7,11H2,1-2H3. The van der Waals surface area contributed by atoms with Gasteiger partial charge in [0.15, 0.2) is 0 Å². The van der Waals surface area contributed by atoms with E-state index in [1.54, 1.807) is 6.20 Å². The molecular weight excluding hydrogens is 272 g/mol. The van der Waals surface area contributed by atoms with E-state index >= 15 is 0 Å². The van der Waals surface area contributed by atoms with Crippen LogP contribution in [0.2, 0.25) is 5.02 Å². The zero-order valence-electron chi connectivity index (χ0n) is 11.8. The summed E-state index contributed by atoms with van der Waals surface area (Å²) < 4.78 is 5.77. The molecule has 0 saturated heterocycles. The second kappa shape index (κ2) is 7.27. The van der Waals surface area contributed by atoms with Gasteiger partial charge >= 0.3 is 0 Å². The predicted octanol–water partition coefficient (Wildman–Crippen LogP) is 4.34. The molecule has 0 unspecified atom stereocenters. The highest BCUT2D eigenvalue weighted by Crippen LogP contribution is 2.29. The van der Waals surface area contributed by atoms with Crippen molar-refractivity contribution >= 4 is 11.6 Å². The molecular formula is C16H19ClN2O. The summed E-state index contributed by atoms with van der Waals surface area (Å²) in [6.07, 6.45) is 2.87. The predicted molar refractivity (Wildman–Crippen MR) is 82.5 cm³/mol. The van der Waals surface area contributed by atoms with E-state index in [1.165, 1.54) is 0 Å². The first-order chi connectivity index (χ1) is 9.69. The molecule has 2 rings (SSSR count). The van der Waals surface area contributed by atoms with Gasteiger partial charge in [-0.15, -0.1) is 0 Å². The summed E-state index contributed by atoms with van der Waals surface area (Å²) in [4.78, 5) is 4.23. The van der Waals surface area contributed by atoms with E-state index in [9.17, 15) is 0 Å². The molecule has 0 fully saturated rings. The van der Waals surface area contributed by atoms with Crippen molar-refractivity contribution in [3.8, 4) is 11.6 Å². The van der Waals surface area contributed by atoms with E-state index in [0.29, 0.717) is 16.7 Å². The van der Waals surface area contributed by atoms with Crippen LogP contribution in [-0.4, -0.2) is 11.5 Å². The normalized spacial score (nSPS) is 10.6. The molecule has 3 nitrogen and oxygen atoms in total. The molecule has 4 heteroatoms. The van der Waals surface area contributed by atoms with Gasteiger partial charge in [0.25, 0.3) is 0 Å². The molecule has 0 radical (unpaired) electrons. The number of aromatic nitrogens is 1. The van der Waals surface area contributed by atoms with Crippen LogP contribution in [0.25, 0.3) is 0 Å². The number of nitrogens with one attached hydrogen (secondary N) is 1. The van der Waals surface area contributed by atoms with Gasteiger partial charge < -0.3 is 10.1 Å². The first kappa shape index (κ1) is 14.8. The van der Waals surface area contributed by atoms with Gasteiger partial charge in [-0.3, -0.25) is 0 Å². The van der Waals surface area contributed by atoms with Gasteiger partial charge in [0, 0.05) is 18.8 Å². The molecule has 106 valence electrons. The number of halogens is 1. The molecule has 1 aromatic heterocycles. The average Bonchev–Trinajstić information content (AvgIpc) is 2.44. The van der Waals surface area contributed by atoms with E-state index in [2.05, 4.69) is 17.2 Å². The molecule has 0 amide bonds. The smallest absolute Gasteiger partial charge is 0.219 e. The number of aryl methyl sites for hydroxylation is 1. The van der Waals surface area contributed by atoms with Crippen molar-refractivity contribution < 1.29 is 4.74 Å². The summed E-state index contributed by atoms with van der Waals surface area (Å²) in [7, 11) is 0. The molecule has 20 heavy (non-hydrogen) atoms. The van der Waals surface area contributed by atoms with Gasteiger partial charge in [-0.25, -0.2) is 4.98 Å². The molecule has 1 heterocycles. The van der Waals surface area contributed by atoms with Crippen molar-refractivity contribution in [1.82, 2.24) is 10.3 Å². The number of hydrogen-bond acceptors (Lipinski definition) is 3. The van der Waals surface area contributed by atoms with E-state index in [4.69, 9.17) is 16.3 Å². The van der Waals surface area contributed by atoms with E-state index < -0.39 is 0 Å². The lowest BCUT2D eigenvalue weighted by molar-refractivity contribution is 0.461. The molecule has 1 N–H and O–H groups in total. The van der Waals surface area contributed by atoms with Crippen LogP contribution in [0.4, 0.5) is 0 Å². The lowest BCUT2D eigenvalue weighted by atomic mass is 10.2. The Bertz CT molecular complexity index is 572. The highest BCUT2D eigenvalue weighted by Gasteiger charge is 2.05. The minimum atomic E-state index is 0.563. The van der Waals surface area contributed by atoms with E-state index in [1.807, 2.05) is 37.3 Å². The number of pyridine rings is 1. The van der Waals surface area contributed by atoms with Crippen LogP contribution >= 0.6 is 11.6 Å². The summed E-state index contributed by atoms with van der Waals surface area (Å²) >= 11 is 6.12. The van der Waals surface area contributed by atoms with Gasteiger partial charge in [-0.05, 0) is 49.2 Å². The van der Waals surface area contributed by atoms with Crippen molar-refractivity contribution in [2.75, 3.05) is 6.54 Å². The highest BCUT2D eigenvalue weighted by molar-refractivity contribution is 6.32. The minimum Gasteiger partial charge on any atom is -0.437 e. The lowest BCUT2D eigenvalue weighted by Gasteiger charge is -2.09. The Morgan fingerprint density at radius 3 is 2.90 bits per heavy atom. The Morgan fingerprint density at radius 2 is 2.10 bits per heavy atom. The van der Waals surface area contributed by atoms with Crippen molar-refractivity contribution in [3.63, 3.8) is 0 Å². The van der Waals surface area contributed by atoms with Crippen molar-refractivity contribution in [1.29, 1.82) is 0 Å². The number of nitrogens with zero attached hydrogens (tertiary/aromatic N) is 1. The van der Waals surface area contributed by atoms with Gasteiger partial charge in [0.05, 0.1) is 5.02 Å². The highest BCUT2D eigenvalue weighted by atomic mass is 35.5. The van der Waals surface area contributed by atoms with Crippen molar-refractivity contribution in [2.24, 2.45) is 0 Å². The van der Waals surface area contributed by atoms with Crippen LogP contribution < -0.4 is 10.1 Å². The molecule has 2 aromatic rings. The molecule has 0 atom stereocenters. The van der Waals surface area contributed by atoms with Crippen molar-refractivity contribution in [2.45, 2.75) is 26.8 Å². The third-order valence-corrected chi connectivity index (χ3v) is 3.17. The zero-order valence-corrected chi connectivity index (χ0v) is 12.6. The summed E-state index contributed by atoms with van der Waals surface area (Å²) in [5.41, 5.74) is 2.25. The SMILES string of the molecule is CCCNCc1ccnc(Oc2cc(C)ccc2Cl)c1. The average molecular weight is 291 g/mol. The molecule has 1 aromatic carbocycles. The van der Waals surface area contributed by atoms with Gasteiger partial charge in [-0.2, -0.15) is 0 Å². The van der Waals surface area contributed by atoms with E-state index in [0.717, 1.165) is 30.6 Å². The molecule has 0 bridgehead atoms. The van der Waals surface area contributed by atoms with Gasteiger partial charge in [-0.1, -0.05) is 24.6 Å². The summed E-state index contributed by atoms with van der Waals surface area (Å²) in [6.45, 7) is 5.96. The van der Waals surface area contributed by atoms with Gasteiger partial charge in [0.2, 0.25) is 5.88 Å². The molecule has 0 saturated carbocycles. The van der Waals surface area contributed by atoms with E-state index in [-0.39, 0.29) is 0 Å². The maximum Gasteiger partial charge on any atom is 0.219 e. The fourth-order valence-electron chi connectivity index (χ4n) is 1.83. The monoisotopic (exact) mass is 290 g/mol. The summed E-state index contributed by atoms with van der Waals surface area (Å²) in [6, 6.07) is 9.60. The molecule has 0 aliphatic rings. The fraction of sp³-hybridized carbons (Fsp3) is 0.312. The van der Waals surface area contributed by atoms with Gasteiger partial charge in [0.1, 0.15) is 5.75 Å². The van der Waals surface area contributed by atoms with Crippen LogP contribution in [0.5, 0.6) is 11.6 Å². The van der Waals surface area contributed by atoms with Crippen LogP contribution in [0.3, 0.4) is 0 Å². The number of ether oxygens (including phenoxy) is 1. The van der Waals surface area contributed by atoms with Crippen LogP contribution in [0.15, 0.2) is 36.5 Å². The quantitative estimate of drug-likeness (QED) is 0.804. The zero-order chi connectivity index (χ0) is 14.4. The molecule has 0 aliphatic heterocycles. The summed E-state index contributed by atoms with van der Waals surface area (Å²) in [5, 5.41) is 3.94. The van der Waals surface area contributed by atoms with Crippen LogP contribution in [0.1, 0.15) is 24.5 Å². The number of rotatable bonds is 6. The third kappa shape index (κ3) is 4.22. The maximum atomic E-state index is 6.12. The largest absolute Gasteiger partial charge is 0.437 e. The lowest BCUT2D eigenvalue weighted by Crippen LogP contribution is -2.13. The third-order valence-electron chi connectivity index (χ3n) is 2.86. The minimum absolute atomic E-state index is 0.563. The summed E-state index contributed by atoms with van der Waals surface area (Å²) in [5.74, 6) is 1.20. The van der Waals surface area contributed by atoms with Crippen LogP contribution in [-0.2, 0) is 6.54 Å². The van der Waals surface area contributed by atoms with Crippen molar-refractivity contribution in [3.05, 3.63) is 52.7 Å². The Balaban J connectivity index is 2.09. The molecule has 0 aliphatic carbocycles. The Kier molecular flexibility index (Phi) is 5.39. The fourth-order valence-corrected chi connectivity index (χ4v) is 1.98. The Labute approximate surface area is 124 Å². The Morgan fingerprint density at radius 1 is 1.25 bits per heavy atom. The Hall–Kier alpha value is -1.58. The number of benzene rings is 1. The second-order valence-corrected chi connectivity index (χ2v) is 5.12. The second-order valence-electron chi connectivity index (χ2n) is 4.72. The maximum absolute atomic E-state index is 6.12. The number of hydrogen-bond donors (Lipinski definition) is 1.